The van der Waals surface area contributed by atoms with Gasteiger partial charge in [0.05, 0.1) is 11.1 Å². The highest BCUT2D eigenvalue weighted by Crippen LogP contribution is 2.30. The van der Waals surface area contributed by atoms with Crippen LogP contribution < -0.4 is 0 Å². The lowest BCUT2D eigenvalue weighted by molar-refractivity contribution is 0.0682. The fraction of sp³-hybridized carbons (Fsp3) is 0.111. The van der Waals surface area contributed by atoms with Crippen molar-refractivity contribution in [1.29, 1.82) is 0 Å². The van der Waals surface area contributed by atoms with E-state index >= 15 is 0 Å². The molecule has 0 radical (unpaired) electrons. The van der Waals surface area contributed by atoms with Crippen LogP contribution in [-0.2, 0) is 6.42 Å². The monoisotopic (exact) mass is 341 g/mol. The average Bonchev–Trinajstić information content (AvgIpc) is 2.90. The zero-order chi connectivity index (χ0) is 17.3. The maximum Gasteiger partial charge on any atom is 0.353 e. The van der Waals surface area contributed by atoms with Gasteiger partial charge >= 0.3 is 11.9 Å². The predicted molar refractivity (Wildman–Crippen MR) is 94.8 cm³/mol. The van der Waals surface area contributed by atoms with Crippen LogP contribution in [0.4, 0.5) is 0 Å². The van der Waals surface area contributed by atoms with Crippen molar-refractivity contribution in [2.45, 2.75) is 6.42 Å². The Kier molecular flexibility index (Phi) is 4.31. The molecule has 0 saturated heterocycles. The highest BCUT2D eigenvalue weighted by molar-refractivity contribution is 7.80. The van der Waals surface area contributed by atoms with E-state index in [-0.39, 0.29) is 11.3 Å². The molecule has 0 aliphatic carbocycles. The number of carboxylic acid groups (broad SMARTS) is 2. The number of carboxylic acids is 2. The number of para-hydroxylation sites is 1. The van der Waals surface area contributed by atoms with Crippen molar-refractivity contribution in [3.63, 3.8) is 0 Å². The van der Waals surface area contributed by atoms with E-state index < -0.39 is 11.9 Å². The van der Waals surface area contributed by atoms with E-state index in [1.165, 1.54) is 12.1 Å². The number of hydrogen-bond donors (Lipinski definition) is 3. The van der Waals surface area contributed by atoms with E-state index in [4.69, 9.17) is 0 Å². The Morgan fingerprint density at radius 2 is 1.75 bits per heavy atom. The molecule has 0 amide bonds. The highest BCUT2D eigenvalue weighted by Gasteiger charge is 2.23. The maximum atomic E-state index is 11.9. The predicted octanol–water partition coefficient (Wildman–Crippen LogP) is 3.50. The first-order valence-electron chi connectivity index (χ1n) is 7.34. The Morgan fingerprint density at radius 1 is 1.00 bits per heavy atom. The molecule has 0 aliphatic heterocycles. The molecule has 3 aromatic rings. The van der Waals surface area contributed by atoms with Crippen LogP contribution in [0.1, 0.15) is 26.4 Å². The number of aromatic carboxylic acids is 2. The number of hydrogen-bond acceptors (Lipinski definition) is 3. The van der Waals surface area contributed by atoms with Crippen molar-refractivity contribution in [3.8, 4) is 5.69 Å². The second kappa shape index (κ2) is 6.41. The topological polar surface area (TPSA) is 79.5 Å². The second-order valence-electron chi connectivity index (χ2n) is 5.31. The van der Waals surface area contributed by atoms with Crippen LogP contribution in [0.25, 0.3) is 16.6 Å². The van der Waals surface area contributed by atoms with Crippen molar-refractivity contribution >= 4 is 35.5 Å². The quantitative estimate of drug-likeness (QED) is 0.621. The minimum Gasteiger partial charge on any atom is -0.478 e. The van der Waals surface area contributed by atoms with Gasteiger partial charge in [0.15, 0.2) is 0 Å². The summed E-state index contributed by atoms with van der Waals surface area (Å²) in [5.74, 6) is -1.59. The third-order valence-electron chi connectivity index (χ3n) is 3.90. The van der Waals surface area contributed by atoms with Crippen molar-refractivity contribution in [2.24, 2.45) is 0 Å². The van der Waals surface area contributed by atoms with Crippen LogP contribution in [0.5, 0.6) is 0 Å². The van der Waals surface area contributed by atoms with E-state index in [0.29, 0.717) is 23.4 Å². The molecule has 2 N–H and O–H groups in total. The molecule has 1 heterocycles. The van der Waals surface area contributed by atoms with E-state index in [2.05, 4.69) is 12.6 Å². The largest absolute Gasteiger partial charge is 0.478 e. The van der Waals surface area contributed by atoms with Crippen molar-refractivity contribution < 1.29 is 19.8 Å². The Morgan fingerprint density at radius 3 is 2.42 bits per heavy atom. The first kappa shape index (κ1) is 16.1. The third-order valence-corrected chi connectivity index (χ3v) is 4.12. The molecule has 0 aliphatic rings. The molecular weight excluding hydrogens is 326 g/mol. The van der Waals surface area contributed by atoms with Gasteiger partial charge in [0.1, 0.15) is 5.69 Å². The van der Waals surface area contributed by atoms with Crippen LogP contribution in [0, 0.1) is 0 Å². The molecule has 0 spiro atoms. The molecule has 0 bridgehead atoms. The number of aromatic nitrogens is 1. The normalized spacial score (nSPS) is 10.9. The zero-order valence-corrected chi connectivity index (χ0v) is 13.5. The SMILES string of the molecule is O=C(O)c1cccc(-n2c(C(=O)O)c(CCS)c3ccccc32)c1. The van der Waals surface area contributed by atoms with E-state index in [0.717, 1.165) is 10.9 Å². The molecule has 6 heteroatoms. The lowest BCUT2D eigenvalue weighted by atomic mass is 10.1. The number of rotatable bonds is 5. The highest BCUT2D eigenvalue weighted by atomic mass is 32.1. The van der Waals surface area contributed by atoms with Crippen LogP contribution in [-0.4, -0.2) is 32.5 Å². The Labute approximate surface area is 143 Å². The van der Waals surface area contributed by atoms with Gasteiger partial charge in [0, 0.05) is 11.1 Å². The van der Waals surface area contributed by atoms with Gasteiger partial charge in [-0.1, -0.05) is 24.3 Å². The standard InChI is InChI=1S/C18H15NO4S/c20-17(21)11-4-3-5-12(10-11)19-15-7-2-1-6-13(15)14(8-9-24)16(19)18(22)23/h1-7,10,24H,8-9H2,(H,20,21)(H,22,23). The number of fused-ring (bicyclic) bond motifs is 1. The zero-order valence-electron chi connectivity index (χ0n) is 12.6. The Hall–Kier alpha value is -2.73. The molecule has 5 nitrogen and oxygen atoms in total. The van der Waals surface area contributed by atoms with Gasteiger partial charge in [-0.05, 0) is 42.0 Å². The molecule has 1 aromatic heterocycles. The minimum absolute atomic E-state index is 0.109. The van der Waals surface area contributed by atoms with Gasteiger partial charge in [0.2, 0.25) is 0 Å². The lowest BCUT2D eigenvalue weighted by Crippen LogP contribution is -2.10. The summed E-state index contributed by atoms with van der Waals surface area (Å²) in [6.45, 7) is 0. The average molecular weight is 341 g/mol. The maximum absolute atomic E-state index is 11.9. The van der Waals surface area contributed by atoms with Gasteiger partial charge in [-0.2, -0.15) is 12.6 Å². The van der Waals surface area contributed by atoms with Crippen molar-refractivity contribution in [1.82, 2.24) is 4.57 Å². The number of thiol groups is 1. The third kappa shape index (κ3) is 2.65. The number of aryl methyl sites for hydroxylation is 1. The van der Waals surface area contributed by atoms with Gasteiger partial charge in [0.25, 0.3) is 0 Å². The van der Waals surface area contributed by atoms with Crippen LogP contribution in [0.15, 0.2) is 48.5 Å². The number of nitrogens with zero attached hydrogens (tertiary/aromatic N) is 1. The second-order valence-corrected chi connectivity index (χ2v) is 5.76. The summed E-state index contributed by atoms with van der Waals surface area (Å²) < 4.78 is 1.60. The summed E-state index contributed by atoms with van der Waals surface area (Å²) in [5, 5.41) is 19.8. The first-order valence-corrected chi connectivity index (χ1v) is 7.98. The molecular formula is C18H15NO4S. The van der Waals surface area contributed by atoms with Crippen LogP contribution in [0.3, 0.4) is 0 Å². The summed E-state index contributed by atoms with van der Waals surface area (Å²) in [5.41, 5.74) is 2.20. The Balaban J connectivity index is 2.38. The summed E-state index contributed by atoms with van der Waals surface area (Å²) in [6.07, 6.45) is 0.511. The number of benzene rings is 2. The minimum atomic E-state index is -1.05. The van der Waals surface area contributed by atoms with Gasteiger partial charge < -0.3 is 14.8 Å². The van der Waals surface area contributed by atoms with E-state index in [1.54, 1.807) is 16.7 Å². The van der Waals surface area contributed by atoms with E-state index in [1.807, 2.05) is 24.3 Å². The molecule has 0 saturated carbocycles. The van der Waals surface area contributed by atoms with Crippen LogP contribution in [0.2, 0.25) is 0 Å². The molecule has 0 fully saturated rings. The fourth-order valence-electron chi connectivity index (χ4n) is 2.94. The smallest absolute Gasteiger partial charge is 0.353 e. The summed E-state index contributed by atoms with van der Waals surface area (Å²) >= 11 is 4.23. The Bertz CT molecular complexity index is 945. The number of carbonyl (C=O) groups is 2. The molecule has 3 rings (SSSR count). The molecule has 122 valence electrons. The van der Waals surface area contributed by atoms with Crippen LogP contribution >= 0.6 is 12.6 Å². The summed E-state index contributed by atoms with van der Waals surface area (Å²) in [6, 6.07) is 13.7. The molecule has 24 heavy (non-hydrogen) atoms. The molecule has 0 unspecified atom stereocenters. The van der Waals surface area contributed by atoms with Gasteiger partial charge in [-0.3, -0.25) is 0 Å². The lowest BCUT2D eigenvalue weighted by Gasteiger charge is -2.10. The van der Waals surface area contributed by atoms with E-state index in [9.17, 15) is 19.8 Å². The fourth-order valence-corrected chi connectivity index (χ4v) is 3.17. The van der Waals surface area contributed by atoms with Crippen molar-refractivity contribution in [3.05, 3.63) is 65.4 Å². The van der Waals surface area contributed by atoms with Gasteiger partial charge in [-0.25, -0.2) is 9.59 Å². The molecule has 2 aromatic carbocycles. The summed E-state index contributed by atoms with van der Waals surface area (Å²) in [7, 11) is 0. The first-order chi connectivity index (χ1) is 11.5. The molecule has 0 atom stereocenters. The van der Waals surface area contributed by atoms with Gasteiger partial charge in [-0.15, -0.1) is 0 Å². The van der Waals surface area contributed by atoms with Crippen molar-refractivity contribution in [2.75, 3.05) is 5.75 Å². The summed E-state index contributed by atoms with van der Waals surface area (Å²) in [4.78, 5) is 23.2.